The second kappa shape index (κ2) is 8.02. The SMILES string of the molecule is Cc1c(C(C)NC(=O)Cc2ncccc2F)cnn1-c1cccc(C(F)(F)F)c1. The normalized spacial score (nSPS) is 12.6. The van der Waals surface area contributed by atoms with Crippen molar-refractivity contribution in [1.82, 2.24) is 20.1 Å². The van der Waals surface area contributed by atoms with Crippen molar-refractivity contribution < 1.29 is 22.4 Å². The molecule has 0 aliphatic carbocycles. The van der Waals surface area contributed by atoms with Crippen molar-refractivity contribution in [2.75, 3.05) is 0 Å². The summed E-state index contributed by atoms with van der Waals surface area (Å²) < 4.78 is 53.9. The van der Waals surface area contributed by atoms with E-state index in [2.05, 4.69) is 15.4 Å². The maximum absolute atomic E-state index is 13.6. The first kappa shape index (κ1) is 20.5. The standard InChI is InChI=1S/C20H18F4N4O/c1-12(27-19(29)10-18-17(21)7-4-8-25-18)16-11-26-28(13(16)2)15-6-3-5-14(9-15)20(22,23)24/h3-9,11-12H,10H2,1-2H3,(H,27,29). The Morgan fingerprint density at radius 2 is 2.00 bits per heavy atom. The van der Waals surface area contributed by atoms with Crippen LogP contribution >= 0.6 is 0 Å². The van der Waals surface area contributed by atoms with Gasteiger partial charge in [0.15, 0.2) is 0 Å². The molecule has 1 amide bonds. The van der Waals surface area contributed by atoms with E-state index in [1.165, 1.54) is 41.3 Å². The van der Waals surface area contributed by atoms with Crippen molar-refractivity contribution in [3.05, 3.63) is 77.1 Å². The van der Waals surface area contributed by atoms with Gasteiger partial charge in [0.25, 0.3) is 0 Å². The maximum atomic E-state index is 13.6. The molecule has 0 saturated heterocycles. The Morgan fingerprint density at radius 3 is 2.69 bits per heavy atom. The highest BCUT2D eigenvalue weighted by molar-refractivity contribution is 5.78. The van der Waals surface area contributed by atoms with Crippen LogP contribution < -0.4 is 5.32 Å². The molecule has 1 unspecified atom stereocenters. The van der Waals surface area contributed by atoms with Crippen molar-refractivity contribution in [3.8, 4) is 5.69 Å². The number of hydrogen-bond donors (Lipinski definition) is 1. The molecule has 2 heterocycles. The van der Waals surface area contributed by atoms with Crippen LogP contribution in [-0.4, -0.2) is 20.7 Å². The summed E-state index contributed by atoms with van der Waals surface area (Å²) in [4.78, 5) is 16.1. The highest BCUT2D eigenvalue weighted by atomic mass is 19.4. The third-order valence-electron chi connectivity index (χ3n) is 4.47. The van der Waals surface area contributed by atoms with E-state index in [1.807, 2.05) is 0 Å². The number of nitrogens with one attached hydrogen (secondary N) is 1. The topological polar surface area (TPSA) is 59.8 Å². The van der Waals surface area contributed by atoms with Crippen LogP contribution in [0.3, 0.4) is 0 Å². The van der Waals surface area contributed by atoms with E-state index in [0.29, 0.717) is 11.3 Å². The monoisotopic (exact) mass is 406 g/mol. The lowest BCUT2D eigenvalue weighted by molar-refractivity contribution is -0.137. The average Bonchev–Trinajstić information content (AvgIpc) is 3.04. The maximum Gasteiger partial charge on any atom is 0.416 e. The second-order valence-corrected chi connectivity index (χ2v) is 6.54. The molecule has 0 aliphatic heterocycles. The molecule has 0 fully saturated rings. The summed E-state index contributed by atoms with van der Waals surface area (Å²) in [5, 5.41) is 6.90. The van der Waals surface area contributed by atoms with Gasteiger partial charge in [-0.3, -0.25) is 9.78 Å². The Morgan fingerprint density at radius 1 is 1.24 bits per heavy atom. The van der Waals surface area contributed by atoms with E-state index in [4.69, 9.17) is 0 Å². The Balaban J connectivity index is 1.77. The molecule has 0 bridgehead atoms. The van der Waals surface area contributed by atoms with Crippen molar-refractivity contribution in [1.29, 1.82) is 0 Å². The largest absolute Gasteiger partial charge is 0.416 e. The number of nitrogens with zero attached hydrogens (tertiary/aromatic N) is 3. The van der Waals surface area contributed by atoms with Gasteiger partial charge < -0.3 is 5.32 Å². The lowest BCUT2D eigenvalue weighted by atomic mass is 10.1. The molecule has 152 valence electrons. The number of benzene rings is 1. The average molecular weight is 406 g/mol. The quantitative estimate of drug-likeness (QED) is 0.648. The van der Waals surface area contributed by atoms with E-state index in [9.17, 15) is 22.4 Å². The predicted octanol–water partition coefficient (Wildman–Crippen LogP) is 4.15. The van der Waals surface area contributed by atoms with E-state index in [0.717, 1.165) is 12.1 Å². The fraction of sp³-hybridized carbons (Fsp3) is 0.250. The molecule has 3 rings (SSSR count). The summed E-state index contributed by atoms with van der Waals surface area (Å²) in [6.07, 6.45) is -1.79. The number of rotatable bonds is 5. The van der Waals surface area contributed by atoms with Gasteiger partial charge in [0.05, 0.1) is 35.6 Å². The van der Waals surface area contributed by atoms with Crippen molar-refractivity contribution >= 4 is 5.91 Å². The lowest BCUT2D eigenvalue weighted by Gasteiger charge is -2.15. The van der Waals surface area contributed by atoms with Gasteiger partial charge in [-0.2, -0.15) is 18.3 Å². The van der Waals surface area contributed by atoms with Crippen LogP contribution in [0.2, 0.25) is 0 Å². The zero-order valence-corrected chi connectivity index (χ0v) is 15.7. The number of carbonyl (C=O) groups is 1. The van der Waals surface area contributed by atoms with E-state index in [-0.39, 0.29) is 17.8 Å². The van der Waals surface area contributed by atoms with Crippen molar-refractivity contribution in [2.24, 2.45) is 0 Å². The molecular formula is C20H18F4N4O. The molecule has 0 radical (unpaired) electrons. The highest BCUT2D eigenvalue weighted by Gasteiger charge is 2.30. The van der Waals surface area contributed by atoms with E-state index in [1.54, 1.807) is 13.8 Å². The predicted molar refractivity (Wildman–Crippen MR) is 97.8 cm³/mol. The molecule has 0 spiro atoms. The molecular weight excluding hydrogens is 388 g/mol. The van der Waals surface area contributed by atoms with Gasteiger partial charge in [-0.15, -0.1) is 0 Å². The van der Waals surface area contributed by atoms with Gasteiger partial charge in [-0.05, 0) is 44.2 Å². The van der Waals surface area contributed by atoms with E-state index < -0.39 is 29.5 Å². The first-order chi connectivity index (χ1) is 13.7. The number of hydrogen-bond acceptors (Lipinski definition) is 3. The molecule has 29 heavy (non-hydrogen) atoms. The van der Waals surface area contributed by atoms with Crippen LogP contribution in [0.15, 0.2) is 48.8 Å². The van der Waals surface area contributed by atoms with Crippen LogP contribution in [0.1, 0.15) is 35.5 Å². The summed E-state index contributed by atoms with van der Waals surface area (Å²) in [5.74, 6) is -0.995. The fourth-order valence-corrected chi connectivity index (χ4v) is 2.99. The minimum absolute atomic E-state index is 0.0357. The molecule has 9 heteroatoms. The highest BCUT2D eigenvalue weighted by Crippen LogP contribution is 2.31. The number of amides is 1. The zero-order chi connectivity index (χ0) is 21.2. The van der Waals surface area contributed by atoms with Crippen molar-refractivity contribution in [3.63, 3.8) is 0 Å². The molecule has 1 aromatic carbocycles. The zero-order valence-electron chi connectivity index (χ0n) is 15.7. The van der Waals surface area contributed by atoms with Gasteiger partial charge in [0, 0.05) is 17.5 Å². The Hall–Kier alpha value is -3.23. The second-order valence-electron chi connectivity index (χ2n) is 6.54. The fourth-order valence-electron chi connectivity index (χ4n) is 2.99. The summed E-state index contributed by atoms with van der Waals surface area (Å²) >= 11 is 0. The van der Waals surface area contributed by atoms with Gasteiger partial charge >= 0.3 is 6.18 Å². The first-order valence-electron chi connectivity index (χ1n) is 8.77. The first-order valence-corrected chi connectivity index (χ1v) is 8.77. The van der Waals surface area contributed by atoms with Gasteiger partial charge in [0.1, 0.15) is 5.82 Å². The number of aromatic nitrogens is 3. The van der Waals surface area contributed by atoms with Crippen molar-refractivity contribution in [2.45, 2.75) is 32.5 Å². The van der Waals surface area contributed by atoms with Gasteiger partial charge in [-0.25, -0.2) is 9.07 Å². The Kier molecular flexibility index (Phi) is 5.67. The molecule has 0 saturated carbocycles. The summed E-state index contributed by atoms with van der Waals surface area (Å²) in [6.45, 7) is 3.41. The van der Waals surface area contributed by atoms with Crippen LogP contribution in [0.5, 0.6) is 0 Å². The molecule has 1 N–H and O–H groups in total. The van der Waals surface area contributed by atoms with Crippen LogP contribution in [-0.2, 0) is 17.4 Å². The van der Waals surface area contributed by atoms with Crippen LogP contribution in [0, 0.1) is 12.7 Å². The third-order valence-corrected chi connectivity index (χ3v) is 4.47. The summed E-state index contributed by atoms with van der Waals surface area (Å²) in [7, 11) is 0. The lowest BCUT2D eigenvalue weighted by Crippen LogP contribution is -2.29. The molecule has 5 nitrogen and oxygen atoms in total. The molecule has 1 atom stereocenters. The molecule has 2 aromatic heterocycles. The molecule has 3 aromatic rings. The Bertz CT molecular complexity index is 1030. The number of alkyl halides is 3. The third kappa shape index (κ3) is 4.61. The molecule has 0 aliphatic rings. The number of halogens is 4. The van der Waals surface area contributed by atoms with Gasteiger partial charge in [-0.1, -0.05) is 6.07 Å². The minimum Gasteiger partial charge on any atom is -0.349 e. The minimum atomic E-state index is -4.46. The van der Waals surface area contributed by atoms with E-state index >= 15 is 0 Å². The smallest absolute Gasteiger partial charge is 0.349 e. The summed E-state index contributed by atoms with van der Waals surface area (Å²) in [6, 6.07) is 7.01. The van der Waals surface area contributed by atoms with Gasteiger partial charge in [0.2, 0.25) is 5.91 Å². The summed E-state index contributed by atoms with van der Waals surface area (Å²) in [5.41, 5.74) is 0.745. The Labute approximate surface area is 164 Å². The van der Waals surface area contributed by atoms with Crippen LogP contribution in [0.4, 0.5) is 17.6 Å². The number of carbonyl (C=O) groups excluding carboxylic acids is 1. The number of pyridine rings is 1. The van der Waals surface area contributed by atoms with Crippen LogP contribution in [0.25, 0.3) is 5.69 Å².